The van der Waals surface area contributed by atoms with E-state index >= 15 is 0 Å². The number of fused-ring (bicyclic) bond motifs is 3. The van der Waals surface area contributed by atoms with Gasteiger partial charge in [0.25, 0.3) is 5.56 Å². The van der Waals surface area contributed by atoms with Gasteiger partial charge in [0.1, 0.15) is 10.7 Å². The maximum atomic E-state index is 11.8. The standard InChI is InChI=1S/C10H10N2OS2/c1-5-11-9(13)8-6-2-3-14-4-7(6)15-10(8)12-5/h2-4H2,1H3,(H,11,12,13). The zero-order valence-corrected chi connectivity index (χ0v) is 9.93. The van der Waals surface area contributed by atoms with Crippen molar-refractivity contribution in [1.82, 2.24) is 9.97 Å². The quantitative estimate of drug-likeness (QED) is 0.764. The normalized spacial score (nSPS) is 15.5. The molecule has 0 spiro atoms. The molecule has 0 saturated carbocycles. The van der Waals surface area contributed by atoms with Crippen LogP contribution in [0.1, 0.15) is 16.3 Å². The van der Waals surface area contributed by atoms with E-state index in [2.05, 4.69) is 9.97 Å². The summed E-state index contributed by atoms with van der Waals surface area (Å²) in [6.07, 6.45) is 1.01. The molecule has 1 aliphatic rings. The molecular formula is C10H10N2OS2. The molecule has 15 heavy (non-hydrogen) atoms. The van der Waals surface area contributed by atoms with E-state index in [0.29, 0.717) is 5.82 Å². The summed E-state index contributed by atoms with van der Waals surface area (Å²) in [4.78, 5) is 21.3. The van der Waals surface area contributed by atoms with E-state index in [1.54, 1.807) is 11.3 Å². The second kappa shape index (κ2) is 3.35. The van der Waals surface area contributed by atoms with Crippen LogP contribution in [-0.2, 0) is 12.2 Å². The Morgan fingerprint density at radius 2 is 2.33 bits per heavy atom. The van der Waals surface area contributed by atoms with E-state index in [1.165, 1.54) is 10.4 Å². The van der Waals surface area contributed by atoms with Gasteiger partial charge in [0.2, 0.25) is 0 Å². The Bertz CT molecular complexity index is 585. The van der Waals surface area contributed by atoms with E-state index in [4.69, 9.17) is 0 Å². The summed E-state index contributed by atoms with van der Waals surface area (Å²) in [5.41, 5.74) is 1.27. The fraction of sp³-hybridized carbons (Fsp3) is 0.400. The van der Waals surface area contributed by atoms with Crippen LogP contribution in [0, 0.1) is 6.92 Å². The third-order valence-electron chi connectivity index (χ3n) is 2.59. The minimum Gasteiger partial charge on any atom is -0.310 e. The van der Waals surface area contributed by atoms with Crippen LogP contribution in [-0.4, -0.2) is 15.7 Å². The largest absolute Gasteiger partial charge is 0.310 e. The maximum Gasteiger partial charge on any atom is 0.259 e. The van der Waals surface area contributed by atoms with E-state index < -0.39 is 0 Å². The van der Waals surface area contributed by atoms with Crippen molar-refractivity contribution in [2.45, 2.75) is 19.1 Å². The molecular weight excluding hydrogens is 228 g/mol. The topological polar surface area (TPSA) is 45.8 Å². The van der Waals surface area contributed by atoms with Gasteiger partial charge in [-0.15, -0.1) is 11.3 Å². The van der Waals surface area contributed by atoms with Crippen LogP contribution in [0.15, 0.2) is 4.79 Å². The second-order valence-corrected chi connectivity index (χ2v) is 5.83. The molecule has 0 radical (unpaired) electrons. The maximum absolute atomic E-state index is 11.8. The van der Waals surface area contributed by atoms with Crippen molar-refractivity contribution >= 4 is 33.3 Å². The number of thiophene rings is 1. The van der Waals surface area contributed by atoms with Crippen LogP contribution >= 0.6 is 23.1 Å². The number of hydrogen-bond donors (Lipinski definition) is 1. The highest BCUT2D eigenvalue weighted by atomic mass is 32.2. The molecule has 0 fully saturated rings. The first-order valence-electron chi connectivity index (χ1n) is 4.84. The molecule has 0 atom stereocenters. The Morgan fingerprint density at radius 1 is 1.47 bits per heavy atom. The summed E-state index contributed by atoms with van der Waals surface area (Å²) in [5.74, 6) is 2.86. The molecule has 78 valence electrons. The number of thioether (sulfide) groups is 1. The molecule has 3 nitrogen and oxygen atoms in total. The number of rotatable bonds is 0. The molecule has 1 aliphatic heterocycles. The Morgan fingerprint density at radius 3 is 3.20 bits per heavy atom. The van der Waals surface area contributed by atoms with E-state index in [1.807, 2.05) is 18.7 Å². The minimum absolute atomic E-state index is 0.0295. The monoisotopic (exact) mass is 238 g/mol. The third kappa shape index (κ3) is 1.41. The number of nitrogens with zero attached hydrogens (tertiary/aromatic N) is 1. The Kier molecular flexibility index (Phi) is 2.10. The van der Waals surface area contributed by atoms with E-state index in [0.717, 1.165) is 28.1 Å². The summed E-state index contributed by atoms with van der Waals surface area (Å²) >= 11 is 3.61. The predicted octanol–water partition coefficient (Wildman–Crippen LogP) is 2.08. The van der Waals surface area contributed by atoms with Gasteiger partial charge >= 0.3 is 0 Å². The molecule has 0 unspecified atom stereocenters. The van der Waals surface area contributed by atoms with E-state index in [-0.39, 0.29) is 5.56 Å². The molecule has 0 aliphatic carbocycles. The number of hydrogen-bond acceptors (Lipinski definition) is 4. The van der Waals surface area contributed by atoms with Crippen LogP contribution < -0.4 is 5.56 Å². The minimum atomic E-state index is 0.0295. The summed E-state index contributed by atoms with van der Waals surface area (Å²) in [6, 6.07) is 0. The van der Waals surface area contributed by atoms with Gasteiger partial charge < -0.3 is 4.98 Å². The van der Waals surface area contributed by atoms with Gasteiger partial charge in [0.15, 0.2) is 0 Å². The van der Waals surface area contributed by atoms with Crippen molar-refractivity contribution in [2.24, 2.45) is 0 Å². The average molecular weight is 238 g/mol. The third-order valence-corrected chi connectivity index (χ3v) is 4.89. The second-order valence-electron chi connectivity index (χ2n) is 3.64. The number of aromatic amines is 1. The van der Waals surface area contributed by atoms with Crippen molar-refractivity contribution in [3.05, 3.63) is 26.6 Å². The summed E-state index contributed by atoms with van der Waals surface area (Å²) < 4.78 is 0. The molecule has 0 bridgehead atoms. The highest BCUT2D eigenvalue weighted by Gasteiger charge is 2.19. The van der Waals surface area contributed by atoms with Crippen LogP contribution in [0.5, 0.6) is 0 Å². The lowest BCUT2D eigenvalue weighted by Crippen LogP contribution is -2.11. The lowest BCUT2D eigenvalue weighted by atomic mass is 10.1. The lowest BCUT2D eigenvalue weighted by molar-refractivity contribution is 1.05. The van der Waals surface area contributed by atoms with Crippen molar-refractivity contribution < 1.29 is 0 Å². The number of H-pyrrole nitrogens is 1. The van der Waals surface area contributed by atoms with Gasteiger partial charge in [-0.3, -0.25) is 4.79 Å². The summed E-state index contributed by atoms with van der Waals surface area (Å²) in [5, 5.41) is 0.834. The van der Waals surface area contributed by atoms with Crippen molar-refractivity contribution in [3.8, 4) is 0 Å². The van der Waals surface area contributed by atoms with Crippen LogP contribution in [0.25, 0.3) is 10.2 Å². The van der Waals surface area contributed by atoms with Gasteiger partial charge in [-0.25, -0.2) is 4.98 Å². The highest BCUT2D eigenvalue weighted by Crippen LogP contribution is 2.35. The zero-order chi connectivity index (χ0) is 10.4. The summed E-state index contributed by atoms with van der Waals surface area (Å²) in [7, 11) is 0. The fourth-order valence-corrected chi connectivity index (χ4v) is 4.34. The molecule has 1 N–H and O–H groups in total. The first kappa shape index (κ1) is 9.42. The van der Waals surface area contributed by atoms with Gasteiger partial charge in [-0.1, -0.05) is 0 Å². The van der Waals surface area contributed by atoms with Crippen molar-refractivity contribution in [2.75, 3.05) is 5.75 Å². The molecule has 0 aromatic carbocycles. The molecule has 2 aromatic heterocycles. The molecule has 0 saturated heterocycles. The Balaban J connectivity index is 2.42. The van der Waals surface area contributed by atoms with Gasteiger partial charge in [0.05, 0.1) is 5.39 Å². The fourth-order valence-electron chi connectivity index (χ4n) is 1.94. The van der Waals surface area contributed by atoms with Gasteiger partial charge in [0, 0.05) is 10.6 Å². The van der Waals surface area contributed by atoms with Crippen molar-refractivity contribution in [3.63, 3.8) is 0 Å². The molecule has 5 heteroatoms. The SMILES string of the molecule is Cc1nc2sc3c(c2c(=O)[nH]1)CCSC3. The average Bonchev–Trinajstić information content (AvgIpc) is 2.54. The van der Waals surface area contributed by atoms with Crippen LogP contribution in [0.4, 0.5) is 0 Å². The van der Waals surface area contributed by atoms with Gasteiger partial charge in [-0.2, -0.15) is 11.8 Å². The number of nitrogens with one attached hydrogen (secondary N) is 1. The van der Waals surface area contributed by atoms with Crippen LogP contribution in [0.2, 0.25) is 0 Å². The van der Waals surface area contributed by atoms with E-state index in [9.17, 15) is 4.79 Å². The zero-order valence-electron chi connectivity index (χ0n) is 8.29. The van der Waals surface area contributed by atoms with Crippen LogP contribution in [0.3, 0.4) is 0 Å². The predicted molar refractivity (Wildman–Crippen MR) is 64.8 cm³/mol. The summed E-state index contributed by atoms with van der Waals surface area (Å²) in [6.45, 7) is 1.83. The molecule has 2 aromatic rings. The van der Waals surface area contributed by atoms with Crippen molar-refractivity contribution in [1.29, 1.82) is 0 Å². The molecule has 3 rings (SSSR count). The Hall–Kier alpha value is -0.810. The lowest BCUT2D eigenvalue weighted by Gasteiger charge is -2.09. The highest BCUT2D eigenvalue weighted by molar-refractivity contribution is 7.98. The Labute approximate surface area is 94.9 Å². The smallest absolute Gasteiger partial charge is 0.259 e. The first-order valence-corrected chi connectivity index (χ1v) is 6.82. The first-order chi connectivity index (χ1) is 7.25. The molecule has 3 heterocycles. The molecule has 0 amide bonds. The number of aryl methyl sites for hydroxylation is 2. The number of aromatic nitrogens is 2. The van der Waals surface area contributed by atoms with Gasteiger partial charge in [-0.05, 0) is 24.7 Å².